The van der Waals surface area contributed by atoms with E-state index in [0.717, 1.165) is 11.0 Å². The molecule has 0 radical (unpaired) electrons. The number of aliphatic hydroxyl groups excluding tert-OH is 1. The van der Waals surface area contributed by atoms with Crippen molar-refractivity contribution in [2.75, 3.05) is 34.3 Å². The number of carboxylic acid groups (broad SMARTS) is 3. The first-order valence-corrected chi connectivity index (χ1v) is 5.59. The number of aliphatic hydroxyl groups is 2. The van der Waals surface area contributed by atoms with E-state index in [4.69, 9.17) is 10.2 Å². The van der Waals surface area contributed by atoms with Crippen molar-refractivity contribution in [3.63, 3.8) is 0 Å². The molecule has 21 heavy (non-hydrogen) atoms. The Kier molecular flexibility index (Phi) is 12.8. The van der Waals surface area contributed by atoms with Gasteiger partial charge in [0, 0.05) is 24.8 Å². The van der Waals surface area contributed by atoms with Crippen LogP contribution >= 0.6 is 0 Å². The summed E-state index contributed by atoms with van der Waals surface area (Å²) in [5.41, 5.74) is -2.97. The predicted octanol–water partition coefficient (Wildman–Crippen LogP) is -5.95. The maximum atomic E-state index is 10.1. The summed E-state index contributed by atoms with van der Waals surface area (Å²) in [7, 11) is 6.16. The predicted molar refractivity (Wildman–Crippen MR) is 64.9 cm³/mol. The molecule has 9 nitrogen and oxygen atoms in total. The third kappa shape index (κ3) is 15.3. The van der Waals surface area contributed by atoms with E-state index >= 15 is 0 Å². The van der Waals surface area contributed by atoms with Gasteiger partial charge in [-0.1, -0.05) is 0 Å². The first kappa shape index (κ1) is 25.0. The molecule has 0 aliphatic carbocycles. The molecule has 0 heterocycles. The number of aliphatic carboxylic acids is 3. The van der Waals surface area contributed by atoms with Gasteiger partial charge in [-0.3, -0.25) is 0 Å². The van der Waals surface area contributed by atoms with Crippen LogP contribution in [0.1, 0.15) is 12.8 Å². The second kappa shape index (κ2) is 10.7. The van der Waals surface area contributed by atoms with Crippen LogP contribution in [0.15, 0.2) is 0 Å². The van der Waals surface area contributed by atoms with Crippen molar-refractivity contribution in [3.05, 3.63) is 0 Å². The monoisotopic (exact) mass is 317 g/mol. The quantitative estimate of drug-likeness (QED) is 0.346. The zero-order valence-corrected chi connectivity index (χ0v) is 13.7. The number of hydrogen-bond acceptors (Lipinski definition) is 8. The van der Waals surface area contributed by atoms with Crippen LogP contribution in [0.4, 0.5) is 0 Å². The fraction of sp³-hybridized carbons (Fsp3) is 0.727. The van der Waals surface area contributed by atoms with Crippen molar-refractivity contribution in [2.24, 2.45) is 0 Å². The molecule has 0 aliphatic heterocycles. The first-order chi connectivity index (χ1) is 8.84. The minimum absolute atomic E-state index is 0. The van der Waals surface area contributed by atoms with Crippen LogP contribution in [0.2, 0.25) is 0 Å². The third-order valence-electron chi connectivity index (χ3n) is 2.02. The van der Waals surface area contributed by atoms with Crippen molar-refractivity contribution in [3.8, 4) is 0 Å². The van der Waals surface area contributed by atoms with Gasteiger partial charge in [-0.2, -0.15) is 0 Å². The molecule has 118 valence electrons. The van der Waals surface area contributed by atoms with E-state index in [0.29, 0.717) is 0 Å². The Hall–Kier alpha value is -0.944. The molecule has 0 fully saturated rings. The second-order valence-corrected chi connectivity index (χ2v) is 5.15. The van der Waals surface area contributed by atoms with Gasteiger partial charge in [0.2, 0.25) is 0 Å². The zero-order chi connectivity index (χ0) is 16.6. The topological polar surface area (TPSA) is 161 Å². The normalized spacial score (nSPS) is 10.7. The smallest absolute Gasteiger partial charge is 0.550 e. The standard InChI is InChI=1S/C6H8O7.C5H14NO.Mg/c7-3(8)1-6(13,5(11)12)2-4(9)10;1-6(2,3)4-5-7;/h13H,1-2H2,(H,7,8)(H,9,10)(H,11,12);7H,4-5H2,1-3H3;/q;+1;+2/p-3. The molecule has 10 heteroatoms. The molecular formula is C11H19MgNO8. The minimum Gasteiger partial charge on any atom is -0.550 e. The van der Waals surface area contributed by atoms with E-state index in [-0.39, 0.29) is 29.7 Å². The number of likely N-dealkylation sites (N-methyl/N-ethyl adjacent to an activating group) is 1. The molecule has 0 saturated carbocycles. The maximum Gasteiger partial charge on any atom is 2.00 e. The Morgan fingerprint density at radius 3 is 1.43 bits per heavy atom. The van der Waals surface area contributed by atoms with Gasteiger partial charge in [0.15, 0.2) is 0 Å². The van der Waals surface area contributed by atoms with Crippen molar-refractivity contribution in [1.29, 1.82) is 0 Å². The number of carboxylic acids is 3. The molecule has 0 rings (SSSR count). The maximum absolute atomic E-state index is 10.1. The zero-order valence-electron chi connectivity index (χ0n) is 12.3. The molecular weight excluding hydrogens is 298 g/mol. The van der Waals surface area contributed by atoms with Crippen LogP contribution in [0, 0.1) is 0 Å². The second-order valence-electron chi connectivity index (χ2n) is 5.15. The minimum atomic E-state index is -2.97. The summed E-state index contributed by atoms with van der Waals surface area (Å²) in [4.78, 5) is 30.0. The number of quaternary nitrogens is 1. The molecule has 0 aliphatic rings. The van der Waals surface area contributed by atoms with Gasteiger partial charge in [0.25, 0.3) is 0 Å². The number of nitrogens with zero attached hydrogens (tertiary/aromatic N) is 1. The third-order valence-corrected chi connectivity index (χ3v) is 2.02. The summed E-state index contributed by atoms with van der Waals surface area (Å²) in [6.07, 6.45) is -2.72. The van der Waals surface area contributed by atoms with Crippen molar-refractivity contribution in [1.82, 2.24) is 0 Å². The van der Waals surface area contributed by atoms with Crippen molar-refractivity contribution in [2.45, 2.75) is 18.4 Å². The van der Waals surface area contributed by atoms with Crippen LogP contribution in [0.3, 0.4) is 0 Å². The van der Waals surface area contributed by atoms with E-state index in [2.05, 4.69) is 21.1 Å². The van der Waals surface area contributed by atoms with Gasteiger partial charge in [-0.25, -0.2) is 0 Å². The summed E-state index contributed by atoms with van der Waals surface area (Å²) in [6, 6.07) is 0. The molecule has 0 aromatic carbocycles. The van der Waals surface area contributed by atoms with Crippen LogP contribution in [-0.4, -0.2) is 95.6 Å². The summed E-state index contributed by atoms with van der Waals surface area (Å²) in [5, 5.41) is 47.3. The molecule has 0 spiro atoms. The Morgan fingerprint density at radius 2 is 1.33 bits per heavy atom. The molecule has 0 amide bonds. The summed E-state index contributed by atoms with van der Waals surface area (Å²) >= 11 is 0. The molecule has 0 unspecified atom stereocenters. The SMILES string of the molecule is C[N+](C)(C)CCO.O=C([O-])CC(O)(CC(=O)[O-])C(=O)[O-].[Mg+2]. The van der Waals surface area contributed by atoms with E-state index < -0.39 is 36.4 Å². The Labute approximate surface area is 138 Å². The van der Waals surface area contributed by atoms with Crippen molar-refractivity contribution >= 4 is 41.0 Å². The molecule has 0 aromatic heterocycles. The summed E-state index contributed by atoms with van der Waals surface area (Å²) in [5.74, 6) is -5.98. The average molecular weight is 318 g/mol. The number of carbonyl (C=O) groups is 3. The number of hydrogen-bond donors (Lipinski definition) is 2. The summed E-state index contributed by atoms with van der Waals surface area (Å²) in [6.45, 7) is 1.11. The Bertz CT molecular complexity index is 337. The first-order valence-electron chi connectivity index (χ1n) is 5.59. The molecule has 0 bridgehead atoms. The van der Waals surface area contributed by atoms with Crippen molar-refractivity contribution < 1.29 is 44.4 Å². The molecule has 0 atom stereocenters. The number of rotatable bonds is 7. The molecule has 0 saturated heterocycles. The Balaban J connectivity index is -0.000000347. The molecule has 0 aromatic rings. The average Bonchev–Trinajstić information content (AvgIpc) is 2.12. The largest absolute Gasteiger partial charge is 2.00 e. The Morgan fingerprint density at radius 1 is 1.00 bits per heavy atom. The summed E-state index contributed by atoms with van der Waals surface area (Å²) < 4.78 is 0.844. The van der Waals surface area contributed by atoms with Gasteiger partial charge >= 0.3 is 23.1 Å². The van der Waals surface area contributed by atoms with E-state index in [9.17, 15) is 29.7 Å². The van der Waals surface area contributed by atoms with E-state index in [1.807, 2.05) is 0 Å². The van der Waals surface area contributed by atoms with Crippen LogP contribution in [-0.2, 0) is 14.4 Å². The fourth-order valence-electron chi connectivity index (χ4n) is 0.984. The van der Waals surface area contributed by atoms with Crippen LogP contribution in [0.5, 0.6) is 0 Å². The van der Waals surface area contributed by atoms with E-state index in [1.165, 1.54) is 0 Å². The van der Waals surface area contributed by atoms with Gasteiger partial charge in [-0.15, -0.1) is 0 Å². The van der Waals surface area contributed by atoms with Crippen LogP contribution < -0.4 is 15.3 Å². The molecule has 2 N–H and O–H groups in total. The van der Waals surface area contributed by atoms with E-state index in [1.54, 1.807) is 0 Å². The van der Waals surface area contributed by atoms with Gasteiger partial charge in [0.1, 0.15) is 12.1 Å². The number of carbonyl (C=O) groups excluding carboxylic acids is 3. The van der Waals surface area contributed by atoms with Gasteiger partial charge < -0.3 is 44.4 Å². The van der Waals surface area contributed by atoms with Gasteiger partial charge in [-0.05, 0) is 0 Å². The van der Waals surface area contributed by atoms with Gasteiger partial charge in [0.05, 0.1) is 33.7 Å². The van der Waals surface area contributed by atoms with Crippen LogP contribution in [0.25, 0.3) is 0 Å². The fourth-order valence-corrected chi connectivity index (χ4v) is 0.984.